The largest absolute Gasteiger partial charge is 0.445 e. The number of carbonyl (C=O) groups is 4. The zero-order valence-corrected chi connectivity index (χ0v) is 22.2. The van der Waals surface area contributed by atoms with Crippen LogP contribution in [0.3, 0.4) is 0 Å². The molecule has 1 heterocycles. The van der Waals surface area contributed by atoms with Gasteiger partial charge in [0, 0.05) is 13.1 Å². The van der Waals surface area contributed by atoms with E-state index in [9.17, 15) is 24.3 Å². The highest BCUT2D eigenvalue weighted by atomic mass is 16.6. The number of aliphatic hydroxyl groups is 1. The highest BCUT2D eigenvalue weighted by molar-refractivity contribution is 5.86. The van der Waals surface area contributed by atoms with Crippen LogP contribution in [0.25, 0.3) is 0 Å². The van der Waals surface area contributed by atoms with Crippen molar-refractivity contribution in [1.29, 1.82) is 0 Å². The molecule has 39 heavy (non-hydrogen) atoms. The van der Waals surface area contributed by atoms with Crippen LogP contribution in [0, 0.1) is 5.92 Å². The molecular formula is C28H36N4O7. The van der Waals surface area contributed by atoms with Crippen LogP contribution >= 0.6 is 0 Å². The van der Waals surface area contributed by atoms with Crippen LogP contribution in [-0.4, -0.2) is 71.8 Å². The quantitative estimate of drug-likeness (QED) is 0.341. The number of carbonyl (C=O) groups excluding carboxylic acids is 4. The van der Waals surface area contributed by atoms with E-state index in [2.05, 4.69) is 16.0 Å². The van der Waals surface area contributed by atoms with Crippen molar-refractivity contribution in [2.24, 2.45) is 5.92 Å². The van der Waals surface area contributed by atoms with Gasteiger partial charge in [-0.2, -0.15) is 0 Å². The molecule has 1 fully saturated rings. The molecule has 11 nitrogen and oxygen atoms in total. The molecule has 2 unspecified atom stereocenters. The van der Waals surface area contributed by atoms with E-state index in [4.69, 9.17) is 9.47 Å². The maximum atomic E-state index is 13.0. The van der Waals surface area contributed by atoms with E-state index in [0.29, 0.717) is 6.42 Å². The Balaban J connectivity index is 1.44. The normalized spacial score (nSPS) is 17.3. The van der Waals surface area contributed by atoms with Gasteiger partial charge < -0.3 is 35.4 Å². The van der Waals surface area contributed by atoms with Crippen LogP contribution in [0.1, 0.15) is 31.4 Å². The van der Waals surface area contributed by atoms with Gasteiger partial charge in [0.2, 0.25) is 11.8 Å². The molecule has 0 bridgehead atoms. The third kappa shape index (κ3) is 9.93. The van der Waals surface area contributed by atoms with Gasteiger partial charge in [-0.05, 0) is 23.5 Å². The standard InChI is InChI=1S/C28H36N4O7/c1-19(2)13-22(31-28(37)39-18-21-11-7-4-8-12-21)26(35)30-23-15-32(16-24(23)33)25(34)14-29-27(36)38-17-20-9-5-3-6-10-20/h3-12,19,22-24,33H,13-18H2,1-2H3,(H,29,36)(H,30,35)(H,31,37)/t22-,23?,24?/m0/s1. The highest BCUT2D eigenvalue weighted by Gasteiger charge is 2.36. The number of ether oxygens (including phenoxy) is 2. The summed E-state index contributed by atoms with van der Waals surface area (Å²) in [5.74, 6) is -0.820. The number of benzene rings is 2. The number of alkyl carbamates (subject to hydrolysis) is 2. The average Bonchev–Trinajstić information content (AvgIpc) is 3.29. The number of hydrogen-bond acceptors (Lipinski definition) is 7. The Labute approximate surface area is 227 Å². The predicted molar refractivity (Wildman–Crippen MR) is 142 cm³/mol. The van der Waals surface area contributed by atoms with Crippen molar-refractivity contribution in [3.8, 4) is 0 Å². The number of aliphatic hydroxyl groups excluding tert-OH is 1. The summed E-state index contributed by atoms with van der Waals surface area (Å²) in [7, 11) is 0. The highest BCUT2D eigenvalue weighted by Crippen LogP contribution is 2.13. The summed E-state index contributed by atoms with van der Waals surface area (Å²) >= 11 is 0. The number of amides is 4. The molecule has 0 aliphatic carbocycles. The summed E-state index contributed by atoms with van der Waals surface area (Å²) in [6.45, 7) is 3.70. The Morgan fingerprint density at radius 2 is 1.46 bits per heavy atom. The van der Waals surface area contributed by atoms with Crippen LogP contribution in [-0.2, 0) is 32.3 Å². The average molecular weight is 541 g/mol. The van der Waals surface area contributed by atoms with Gasteiger partial charge in [0.05, 0.1) is 12.1 Å². The summed E-state index contributed by atoms with van der Waals surface area (Å²) in [5.41, 5.74) is 1.63. The number of nitrogens with one attached hydrogen (secondary N) is 3. The Hall–Kier alpha value is -4.12. The fourth-order valence-corrected chi connectivity index (χ4v) is 4.06. The maximum Gasteiger partial charge on any atom is 0.408 e. The van der Waals surface area contributed by atoms with Crippen molar-refractivity contribution >= 4 is 24.0 Å². The molecule has 4 amide bonds. The molecule has 1 saturated heterocycles. The minimum atomic E-state index is -1.01. The van der Waals surface area contributed by atoms with Gasteiger partial charge in [-0.25, -0.2) is 9.59 Å². The number of β-amino-alcohol motifs (C(OH)–C–C–N with tert-alkyl or cyclic N) is 1. The lowest BCUT2D eigenvalue weighted by molar-refractivity contribution is -0.130. The molecule has 4 N–H and O–H groups in total. The summed E-state index contributed by atoms with van der Waals surface area (Å²) in [6.07, 6.45) is -2.12. The van der Waals surface area contributed by atoms with Crippen molar-refractivity contribution in [1.82, 2.24) is 20.9 Å². The van der Waals surface area contributed by atoms with Gasteiger partial charge in [-0.15, -0.1) is 0 Å². The maximum absolute atomic E-state index is 13.0. The third-order valence-corrected chi connectivity index (χ3v) is 6.09. The van der Waals surface area contributed by atoms with E-state index in [1.807, 2.05) is 74.5 Å². The SMILES string of the molecule is CC(C)C[C@H](NC(=O)OCc1ccccc1)C(=O)NC1CN(C(=O)CNC(=O)OCc2ccccc2)CC1O. The molecule has 210 valence electrons. The minimum Gasteiger partial charge on any atom is -0.445 e. The van der Waals surface area contributed by atoms with Crippen molar-refractivity contribution in [2.75, 3.05) is 19.6 Å². The molecule has 3 rings (SSSR count). The molecule has 0 aromatic heterocycles. The van der Waals surface area contributed by atoms with Crippen LogP contribution in [0.15, 0.2) is 60.7 Å². The van der Waals surface area contributed by atoms with Crippen LogP contribution in [0.2, 0.25) is 0 Å². The number of nitrogens with zero attached hydrogens (tertiary/aromatic N) is 1. The van der Waals surface area contributed by atoms with Crippen LogP contribution in [0.5, 0.6) is 0 Å². The van der Waals surface area contributed by atoms with Gasteiger partial charge in [-0.3, -0.25) is 9.59 Å². The first-order valence-corrected chi connectivity index (χ1v) is 12.9. The monoisotopic (exact) mass is 540 g/mol. The van der Waals surface area contributed by atoms with Gasteiger partial charge >= 0.3 is 12.2 Å². The van der Waals surface area contributed by atoms with E-state index >= 15 is 0 Å². The zero-order valence-electron chi connectivity index (χ0n) is 22.2. The molecule has 0 radical (unpaired) electrons. The first-order valence-electron chi connectivity index (χ1n) is 12.9. The third-order valence-electron chi connectivity index (χ3n) is 6.09. The summed E-state index contributed by atoms with van der Waals surface area (Å²) in [5, 5.41) is 18.2. The van der Waals surface area contributed by atoms with E-state index in [1.165, 1.54) is 4.90 Å². The summed E-state index contributed by atoms with van der Waals surface area (Å²) in [4.78, 5) is 51.2. The molecule has 0 spiro atoms. The fourth-order valence-electron chi connectivity index (χ4n) is 4.06. The van der Waals surface area contributed by atoms with Gasteiger partial charge in [0.25, 0.3) is 0 Å². The topological polar surface area (TPSA) is 146 Å². The lowest BCUT2D eigenvalue weighted by Crippen LogP contribution is -2.53. The second kappa shape index (κ2) is 14.7. The second-order valence-electron chi connectivity index (χ2n) is 9.78. The molecule has 3 atom stereocenters. The Morgan fingerprint density at radius 1 is 0.897 bits per heavy atom. The Kier molecular flexibility index (Phi) is 11.1. The van der Waals surface area contributed by atoms with Gasteiger partial charge in [0.15, 0.2) is 0 Å². The summed E-state index contributed by atoms with van der Waals surface area (Å²) < 4.78 is 10.3. The molecule has 11 heteroatoms. The molecule has 1 aliphatic heterocycles. The minimum absolute atomic E-state index is 0.00802. The van der Waals surface area contributed by atoms with Crippen LogP contribution < -0.4 is 16.0 Å². The van der Waals surface area contributed by atoms with Crippen molar-refractivity contribution in [2.45, 2.75) is 51.7 Å². The van der Waals surface area contributed by atoms with Gasteiger partial charge in [0.1, 0.15) is 25.8 Å². The molecule has 0 saturated carbocycles. The number of hydrogen-bond donors (Lipinski definition) is 4. The summed E-state index contributed by atoms with van der Waals surface area (Å²) in [6, 6.07) is 16.7. The Morgan fingerprint density at radius 3 is 2.03 bits per heavy atom. The predicted octanol–water partition coefficient (Wildman–Crippen LogP) is 1.94. The Bertz CT molecular complexity index is 1100. The van der Waals surface area contributed by atoms with Crippen molar-refractivity contribution < 1.29 is 33.8 Å². The van der Waals surface area contributed by atoms with Crippen LogP contribution in [0.4, 0.5) is 9.59 Å². The van der Waals surface area contributed by atoms with E-state index in [-0.39, 0.29) is 38.8 Å². The number of rotatable bonds is 11. The molecule has 2 aromatic rings. The van der Waals surface area contributed by atoms with E-state index in [1.54, 1.807) is 0 Å². The second-order valence-corrected chi connectivity index (χ2v) is 9.78. The van der Waals surface area contributed by atoms with E-state index in [0.717, 1.165) is 11.1 Å². The molecule has 1 aliphatic rings. The smallest absolute Gasteiger partial charge is 0.408 e. The van der Waals surface area contributed by atoms with Gasteiger partial charge in [-0.1, -0.05) is 74.5 Å². The lowest BCUT2D eigenvalue weighted by atomic mass is 10.0. The first-order chi connectivity index (χ1) is 18.7. The molecule has 2 aromatic carbocycles. The van der Waals surface area contributed by atoms with Crippen molar-refractivity contribution in [3.05, 3.63) is 71.8 Å². The van der Waals surface area contributed by atoms with E-state index < -0.39 is 42.2 Å². The lowest BCUT2D eigenvalue weighted by Gasteiger charge is -2.23. The zero-order chi connectivity index (χ0) is 28.2. The number of likely N-dealkylation sites (tertiary alicyclic amines) is 1. The molecular weight excluding hydrogens is 504 g/mol. The van der Waals surface area contributed by atoms with Crippen molar-refractivity contribution in [3.63, 3.8) is 0 Å². The fraction of sp³-hybridized carbons (Fsp3) is 0.429. The first kappa shape index (κ1) is 29.4.